The Morgan fingerprint density at radius 1 is 1.60 bits per heavy atom. The van der Waals surface area contributed by atoms with E-state index in [0.717, 1.165) is 17.2 Å². The fourth-order valence-electron chi connectivity index (χ4n) is 1.45. The van der Waals surface area contributed by atoms with Gasteiger partial charge < -0.3 is 4.74 Å². The smallest absolute Gasteiger partial charge is 0.330 e. The normalized spacial score (nSPS) is 25.7. The summed E-state index contributed by atoms with van der Waals surface area (Å²) in [6.07, 6.45) is 1.03. The van der Waals surface area contributed by atoms with E-state index in [4.69, 9.17) is 4.74 Å². The summed E-state index contributed by atoms with van der Waals surface area (Å²) in [5.74, 6) is -0.996. The third-order valence-corrected chi connectivity index (χ3v) is 3.10. The standard InChI is InChI=1S/C8H8BrFN2O3/c9-4-1-2-15-7(4)12-3-5(10)6(13)11-8(12)14/h3-4,7H,1-2H2,(H,11,13,14)/t4-,7+/m0/s1. The van der Waals surface area contributed by atoms with Crippen LogP contribution in [0.1, 0.15) is 12.6 Å². The highest BCUT2D eigenvalue weighted by Crippen LogP contribution is 2.28. The predicted molar refractivity (Wildman–Crippen MR) is 53.6 cm³/mol. The van der Waals surface area contributed by atoms with Gasteiger partial charge in [0.2, 0.25) is 5.82 Å². The number of ether oxygens (including phenoxy) is 1. The van der Waals surface area contributed by atoms with E-state index in [1.165, 1.54) is 0 Å². The number of halogens is 2. The van der Waals surface area contributed by atoms with Crippen LogP contribution in [0.3, 0.4) is 0 Å². The van der Waals surface area contributed by atoms with Crippen molar-refractivity contribution in [2.45, 2.75) is 17.5 Å². The van der Waals surface area contributed by atoms with Gasteiger partial charge in [0.25, 0.3) is 5.56 Å². The number of H-pyrrole nitrogens is 1. The van der Waals surface area contributed by atoms with Gasteiger partial charge in [0.15, 0.2) is 6.23 Å². The van der Waals surface area contributed by atoms with Crippen LogP contribution in [-0.4, -0.2) is 21.0 Å². The van der Waals surface area contributed by atoms with Crippen LogP contribution >= 0.6 is 15.9 Å². The minimum absolute atomic E-state index is 0.0551. The van der Waals surface area contributed by atoms with Crippen LogP contribution in [0.2, 0.25) is 0 Å². The summed E-state index contributed by atoms with van der Waals surface area (Å²) >= 11 is 3.32. The maximum atomic E-state index is 13.0. The highest BCUT2D eigenvalue weighted by Gasteiger charge is 2.28. The van der Waals surface area contributed by atoms with Gasteiger partial charge in [-0.05, 0) is 6.42 Å². The molecule has 1 aliphatic rings. The molecule has 0 bridgehead atoms. The van der Waals surface area contributed by atoms with E-state index in [0.29, 0.717) is 6.61 Å². The number of aromatic amines is 1. The number of alkyl halides is 1. The zero-order valence-corrected chi connectivity index (χ0v) is 9.16. The molecule has 2 heterocycles. The van der Waals surface area contributed by atoms with E-state index in [1.807, 2.05) is 4.98 Å². The molecular formula is C8H8BrFN2O3. The average molecular weight is 279 g/mol. The summed E-state index contributed by atoms with van der Waals surface area (Å²) in [7, 11) is 0. The van der Waals surface area contributed by atoms with E-state index >= 15 is 0 Å². The molecule has 0 radical (unpaired) electrons. The Labute approximate surface area is 92.0 Å². The number of nitrogens with one attached hydrogen (secondary N) is 1. The summed E-state index contributed by atoms with van der Waals surface area (Å²) in [6.45, 7) is 0.494. The molecule has 5 nitrogen and oxygen atoms in total. The van der Waals surface area contributed by atoms with Crippen molar-refractivity contribution in [1.29, 1.82) is 0 Å². The van der Waals surface area contributed by atoms with Crippen LogP contribution in [-0.2, 0) is 4.74 Å². The van der Waals surface area contributed by atoms with Gasteiger partial charge >= 0.3 is 5.69 Å². The van der Waals surface area contributed by atoms with Crippen molar-refractivity contribution in [2.24, 2.45) is 0 Å². The first kappa shape index (κ1) is 10.6. The Kier molecular flexibility index (Phi) is 2.74. The Morgan fingerprint density at radius 2 is 2.33 bits per heavy atom. The lowest BCUT2D eigenvalue weighted by atomic mass is 10.3. The molecule has 1 aliphatic heterocycles. The molecule has 15 heavy (non-hydrogen) atoms. The second-order valence-corrected chi connectivity index (χ2v) is 4.39. The molecule has 0 unspecified atom stereocenters. The third-order valence-electron chi connectivity index (χ3n) is 2.19. The monoisotopic (exact) mass is 278 g/mol. The number of hydrogen-bond acceptors (Lipinski definition) is 3. The van der Waals surface area contributed by atoms with Crippen molar-refractivity contribution in [2.75, 3.05) is 6.61 Å². The molecule has 2 rings (SSSR count). The summed E-state index contributed by atoms with van der Waals surface area (Å²) in [4.78, 5) is 24.0. The molecule has 82 valence electrons. The lowest BCUT2D eigenvalue weighted by Crippen LogP contribution is -2.35. The van der Waals surface area contributed by atoms with E-state index < -0.39 is 23.3 Å². The third kappa shape index (κ3) is 1.89. The van der Waals surface area contributed by atoms with E-state index in [9.17, 15) is 14.0 Å². The van der Waals surface area contributed by atoms with Crippen LogP contribution in [0.25, 0.3) is 0 Å². The highest BCUT2D eigenvalue weighted by molar-refractivity contribution is 9.09. The maximum absolute atomic E-state index is 13.0. The van der Waals surface area contributed by atoms with Crippen molar-refractivity contribution in [3.05, 3.63) is 32.9 Å². The molecule has 7 heteroatoms. The first-order valence-electron chi connectivity index (χ1n) is 4.36. The molecule has 1 N–H and O–H groups in total. The summed E-state index contributed by atoms with van der Waals surface area (Å²) in [5.41, 5.74) is -1.68. The topological polar surface area (TPSA) is 64.1 Å². The molecular weight excluding hydrogens is 271 g/mol. The lowest BCUT2D eigenvalue weighted by molar-refractivity contribution is 0.0549. The first-order chi connectivity index (χ1) is 7.09. The van der Waals surface area contributed by atoms with Crippen molar-refractivity contribution >= 4 is 15.9 Å². The van der Waals surface area contributed by atoms with Crippen LogP contribution in [0, 0.1) is 5.82 Å². The van der Waals surface area contributed by atoms with Gasteiger partial charge in [-0.1, -0.05) is 15.9 Å². The zero-order chi connectivity index (χ0) is 11.0. The van der Waals surface area contributed by atoms with E-state index in [1.54, 1.807) is 0 Å². The molecule has 1 aromatic heterocycles. The maximum Gasteiger partial charge on any atom is 0.330 e. The molecule has 1 aromatic rings. The van der Waals surface area contributed by atoms with Gasteiger partial charge in [0, 0.05) is 0 Å². The van der Waals surface area contributed by atoms with E-state index in [-0.39, 0.29) is 4.83 Å². The predicted octanol–water partition coefficient (Wildman–Crippen LogP) is 0.358. The Morgan fingerprint density at radius 3 is 2.93 bits per heavy atom. The Balaban J connectivity index is 2.48. The summed E-state index contributed by atoms with van der Waals surface area (Å²) in [5, 5.41) is 0. The van der Waals surface area contributed by atoms with Gasteiger partial charge in [0.05, 0.1) is 17.6 Å². The zero-order valence-electron chi connectivity index (χ0n) is 7.57. The lowest BCUT2D eigenvalue weighted by Gasteiger charge is -2.15. The Hall–Kier alpha value is -0.950. The fraction of sp³-hybridized carbons (Fsp3) is 0.500. The van der Waals surface area contributed by atoms with Gasteiger partial charge in [-0.25, -0.2) is 4.79 Å². The van der Waals surface area contributed by atoms with Crippen molar-refractivity contribution in [3.63, 3.8) is 0 Å². The molecule has 2 atom stereocenters. The largest absolute Gasteiger partial charge is 0.357 e. The molecule has 0 saturated carbocycles. The summed E-state index contributed by atoms with van der Waals surface area (Å²) in [6, 6.07) is 0. The number of rotatable bonds is 1. The molecule has 1 fully saturated rings. The van der Waals surface area contributed by atoms with Gasteiger partial charge in [-0.3, -0.25) is 14.3 Å². The van der Waals surface area contributed by atoms with Crippen molar-refractivity contribution in [1.82, 2.24) is 9.55 Å². The SMILES string of the molecule is O=c1[nH]c(=O)n([C@@H]2OCC[C@@H]2Br)cc1F. The molecule has 1 saturated heterocycles. The van der Waals surface area contributed by atoms with Crippen LogP contribution < -0.4 is 11.2 Å². The van der Waals surface area contributed by atoms with Crippen molar-refractivity contribution < 1.29 is 9.13 Å². The average Bonchev–Trinajstić information content (AvgIpc) is 2.58. The Bertz CT molecular complexity index is 484. The minimum Gasteiger partial charge on any atom is -0.357 e. The van der Waals surface area contributed by atoms with Crippen LogP contribution in [0.4, 0.5) is 4.39 Å². The number of nitrogens with zero attached hydrogens (tertiary/aromatic N) is 1. The summed E-state index contributed by atoms with van der Waals surface area (Å²) < 4.78 is 19.3. The van der Waals surface area contributed by atoms with Gasteiger partial charge in [-0.15, -0.1) is 0 Å². The van der Waals surface area contributed by atoms with Gasteiger partial charge in [-0.2, -0.15) is 4.39 Å². The van der Waals surface area contributed by atoms with E-state index in [2.05, 4.69) is 15.9 Å². The molecule has 0 aliphatic carbocycles. The second-order valence-electron chi connectivity index (χ2n) is 3.21. The van der Waals surface area contributed by atoms with Crippen LogP contribution in [0.5, 0.6) is 0 Å². The quantitative estimate of drug-likeness (QED) is 0.755. The van der Waals surface area contributed by atoms with Crippen LogP contribution in [0.15, 0.2) is 15.8 Å². The van der Waals surface area contributed by atoms with Gasteiger partial charge in [0.1, 0.15) is 0 Å². The number of aromatic nitrogens is 2. The first-order valence-corrected chi connectivity index (χ1v) is 5.28. The minimum atomic E-state index is -1.01. The molecule has 0 amide bonds. The molecule has 0 spiro atoms. The second kappa shape index (κ2) is 3.90. The highest BCUT2D eigenvalue weighted by atomic mass is 79.9. The number of hydrogen-bond donors (Lipinski definition) is 1. The molecule has 0 aromatic carbocycles. The fourth-order valence-corrected chi connectivity index (χ4v) is 2.05. The van der Waals surface area contributed by atoms with Crippen molar-refractivity contribution in [3.8, 4) is 0 Å².